The fourth-order valence-electron chi connectivity index (χ4n) is 2.23. The Morgan fingerprint density at radius 1 is 1.29 bits per heavy atom. The van der Waals surface area contributed by atoms with Crippen LogP contribution >= 0.6 is 11.3 Å². The summed E-state index contributed by atoms with van der Waals surface area (Å²) in [6.45, 7) is 2.05. The third-order valence-corrected chi connectivity index (χ3v) is 4.18. The molecule has 0 bridgehead atoms. The van der Waals surface area contributed by atoms with Crippen LogP contribution in [0, 0.1) is 6.92 Å². The molecule has 1 N–H and O–H groups in total. The van der Waals surface area contributed by atoms with E-state index in [1.165, 1.54) is 5.56 Å². The number of carboxylic acids is 1. The lowest BCUT2D eigenvalue weighted by atomic mass is 10.1. The van der Waals surface area contributed by atoms with Crippen LogP contribution in [0.3, 0.4) is 0 Å². The summed E-state index contributed by atoms with van der Waals surface area (Å²) >= 11 is 1.56. The van der Waals surface area contributed by atoms with E-state index in [0.29, 0.717) is 0 Å². The number of hydrogen-bond acceptors (Lipinski definition) is 3. The first-order valence-electron chi connectivity index (χ1n) is 6.47. The van der Waals surface area contributed by atoms with Gasteiger partial charge < -0.3 is 9.67 Å². The number of benzene rings is 1. The van der Waals surface area contributed by atoms with Gasteiger partial charge in [0.15, 0.2) is 0 Å². The molecule has 0 spiro atoms. The molecular weight excluding hydrogens is 284 g/mol. The van der Waals surface area contributed by atoms with Crippen molar-refractivity contribution in [3.05, 3.63) is 53.2 Å². The first kappa shape index (κ1) is 13.6. The normalized spacial score (nSPS) is 10.8. The van der Waals surface area contributed by atoms with Gasteiger partial charge in [0.25, 0.3) is 0 Å². The minimum atomic E-state index is -0.933. The maximum atomic E-state index is 11.1. The molecule has 2 heterocycles. The summed E-state index contributed by atoms with van der Waals surface area (Å²) in [6.07, 6.45) is 1.79. The second-order valence-electron chi connectivity index (χ2n) is 4.94. The Kier molecular flexibility index (Phi) is 3.35. The maximum absolute atomic E-state index is 11.1. The van der Waals surface area contributed by atoms with E-state index >= 15 is 0 Å². The molecular formula is C16H14N2O2S. The van der Waals surface area contributed by atoms with Crippen molar-refractivity contribution < 1.29 is 9.90 Å². The van der Waals surface area contributed by atoms with Crippen LogP contribution in [0.2, 0.25) is 0 Å². The lowest BCUT2D eigenvalue weighted by Gasteiger charge is -1.97. The van der Waals surface area contributed by atoms with Crippen molar-refractivity contribution in [2.45, 2.75) is 6.92 Å². The zero-order valence-corrected chi connectivity index (χ0v) is 12.5. The molecule has 0 saturated heterocycles. The predicted octanol–water partition coefficient (Wildman–Crippen LogP) is 3.82. The Morgan fingerprint density at radius 2 is 2.10 bits per heavy atom. The SMILES string of the molecule is Cc1cccc(-c2nc(-c3cc(C(=O)O)n(C)c3)cs2)c1. The molecule has 4 nitrogen and oxygen atoms in total. The van der Waals surface area contributed by atoms with Crippen LogP contribution in [-0.2, 0) is 7.05 Å². The van der Waals surface area contributed by atoms with E-state index in [1.807, 2.05) is 30.5 Å². The molecule has 0 saturated carbocycles. The number of rotatable bonds is 3. The van der Waals surface area contributed by atoms with Gasteiger partial charge in [-0.15, -0.1) is 11.3 Å². The number of nitrogens with zero attached hydrogens (tertiary/aromatic N) is 2. The van der Waals surface area contributed by atoms with Gasteiger partial charge in [0, 0.05) is 29.8 Å². The molecule has 0 aliphatic heterocycles. The Balaban J connectivity index is 1.99. The van der Waals surface area contributed by atoms with Crippen LogP contribution < -0.4 is 0 Å². The monoisotopic (exact) mass is 298 g/mol. The fourth-order valence-corrected chi connectivity index (χ4v) is 3.06. The number of thiazole rings is 1. The first-order valence-corrected chi connectivity index (χ1v) is 7.35. The Bertz CT molecular complexity index is 817. The summed E-state index contributed by atoms with van der Waals surface area (Å²) < 4.78 is 1.60. The third kappa shape index (κ3) is 2.60. The van der Waals surface area contributed by atoms with Gasteiger partial charge >= 0.3 is 5.97 Å². The van der Waals surface area contributed by atoms with E-state index in [4.69, 9.17) is 5.11 Å². The predicted molar refractivity (Wildman–Crippen MR) is 83.7 cm³/mol. The third-order valence-electron chi connectivity index (χ3n) is 3.29. The van der Waals surface area contributed by atoms with Crippen LogP contribution in [0.25, 0.3) is 21.8 Å². The fraction of sp³-hybridized carbons (Fsp3) is 0.125. The summed E-state index contributed by atoms with van der Waals surface area (Å²) in [5, 5.41) is 12.0. The lowest BCUT2D eigenvalue weighted by Crippen LogP contribution is -2.02. The van der Waals surface area contributed by atoms with Crippen molar-refractivity contribution in [3.63, 3.8) is 0 Å². The van der Waals surface area contributed by atoms with Gasteiger partial charge in [-0.25, -0.2) is 9.78 Å². The van der Waals surface area contributed by atoms with Crippen LogP contribution in [-0.4, -0.2) is 20.6 Å². The summed E-state index contributed by atoms with van der Waals surface area (Å²) in [4.78, 5) is 15.7. The average Bonchev–Trinajstić information content (AvgIpc) is 3.05. The van der Waals surface area contributed by atoms with E-state index in [1.54, 1.807) is 35.2 Å². The summed E-state index contributed by atoms with van der Waals surface area (Å²) in [7, 11) is 1.72. The number of carboxylic acid groups (broad SMARTS) is 1. The van der Waals surface area contributed by atoms with Gasteiger partial charge in [-0.2, -0.15) is 0 Å². The van der Waals surface area contributed by atoms with Crippen molar-refractivity contribution in [2.75, 3.05) is 0 Å². The molecule has 0 aliphatic rings. The van der Waals surface area contributed by atoms with Crippen molar-refractivity contribution in [3.8, 4) is 21.8 Å². The van der Waals surface area contributed by atoms with E-state index in [-0.39, 0.29) is 5.69 Å². The van der Waals surface area contributed by atoms with Crippen LogP contribution in [0.1, 0.15) is 16.1 Å². The molecule has 1 aromatic carbocycles. The van der Waals surface area contributed by atoms with Crippen molar-refractivity contribution in [1.82, 2.24) is 9.55 Å². The van der Waals surface area contributed by atoms with Gasteiger partial charge in [0.2, 0.25) is 0 Å². The lowest BCUT2D eigenvalue weighted by molar-refractivity contribution is 0.0686. The average molecular weight is 298 g/mol. The van der Waals surface area contributed by atoms with Crippen molar-refractivity contribution in [1.29, 1.82) is 0 Å². The standard InChI is InChI=1S/C16H14N2O2S/c1-10-4-3-5-11(6-10)15-17-13(9-21-15)12-7-14(16(19)20)18(2)8-12/h3-9H,1-2H3,(H,19,20). The van der Waals surface area contributed by atoms with Crippen LogP contribution in [0.15, 0.2) is 41.9 Å². The highest BCUT2D eigenvalue weighted by atomic mass is 32.1. The van der Waals surface area contributed by atoms with Gasteiger partial charge in [0.1, 0.15) is 10.7 Å². The second kappa shape index (κ2) is 5.18. The molecule has 5 heteroatoms. The highest BCUT2D eigenvalue weighted by Crippen LogP contribution is 2.30. The molecule has 0 unspecified atom stereocenters. The first-order chi connectivity index (χ1) is 10.0. The Hall–Kier alpha value is -2.40. The van der Waals surface area contributed by atoms with Gasteiger partial charge in [0.05, 0.1) is 5.69 Å². The topological polar surface area (TPSA) is 55.1 Å². The summed E-state index contributed by atoms with van der Waals surface area (Å²) in [5.41, 5.74) is 4.16. The number of aryl methyl sites for hydroxylation is 2. The molecule has 3 rings (SSSR count). The number of carbonyl (C=O) groups is 1. The largest absolute Gasteiger partial charge is 0.477 e. The number of aromatic carboxylic acids is 1. The summed E-state index contributed by atoms with van der Waals surface area (Å²) in [5.74, 6) is -0.933. The van der Waals surface area contributed by atoms with Crippen LogP contribution in [0.4, 0.5) is 0 Å². The van der Waals surface area contributed by atoms with Gasteiger partial charge in [-0.3, -0.25) is 0 Å². The zero-order valence-electron chi connectivity index (χ0n) is 11.7. The number of hydrogen-bond donors (Lipinski definition) is 1. The second-order valence-corrected chi connectivity index (χ2v) is 5.80. The number of aromatic nitrogens is 2. The molecule has 0 fully saturated rings. The van der Waals surface area contributed by atoms with Gasteiger partial charge in [-0.1, -0.05) is 23.8 Å². The van der Waals surface area contributed by atoms with E-state index < -0.39 is 5.97 Å². The molecule has 0 atom stereocenters. The molecule has 106 valence electrons. The minimum absolute atomic E-state index is 0.259. The Labute approximate surface area is 126 Å². The minimum Gasteiger partial charge on any atom is -0.477 e. The molecule has 2 aromatic heterocycles. The van der Waals surface area contributed by atoms with E-state index in [2.05, 4.69) is 11.1 Å². The van der Waals surface area contributed by atoms with E-state index in [9.17, 15) is 4.79 Å². The molecule has 3 aromatic rings. The molecule has 0 radical (unpaired) electrons. The highest BCUT2D eigenvalue weighted by molar-refractivity contribution is 7.13. The van der Waals surface area contributed by atoms with Crippen molar-refractivity contribution >= 4 is 17.3 Å². The van der Waals surface area contributed by atoms with E-state index in [0.717, 1.165) is 21.8 Å². The summed E-state index contributed by atoms with van der Waals surface area (Å²) in [6, 6.07) is 9.84. The van der Waals surface area contributed by atoms with Crippen LogP contribution in [0.5, 0.6) is 0 Å². The quantitative estimate of drug-likeness (QED) is 0.799. The zero-order chi connectivity index (χ0) is 15.0. The van der Waals surface area contributed by atoms with Crippen molar-refractivity contribution in [2.24, 2.45) is 7.05 Å². The van der Waals surface area contributed by atoms with Gasteiger partial charge in [-0.05, 0) is 19.1 Å². The highest BCUT2D eigenvalue weighted by Gasteiger charge is 2.13. The smallest absolute Gasteiger partial charge is 0.352 e. The Morgan fingerprint density at radius 3 is 2.76 bits per heavy atom. The maximum Gasteiger partial charge on any atom is 0.352 e. The molecule has 0 amide bonds. The molecule has 0 aliphatic carbocycles. The molecule has 21 heavy (non-hydrogen) atoms.